The fourth-order valence-corrected chi connectivity index (χ4v) is 2.01. The predicted octanol–water partition coefficient (Wildman–Crippen LogP) is 3.63. The molecule has 0 saturated heterocycles. The zero-order chi connectivity index (χ0) is 15.0. The van der Waals surface area contributed by atoms with Crippen LogP contribution in [-0.2, 0) is 0 Å². The first-order chi connectivity index (χ1) is 9.92. The summed E-state index contributed by atoms with van der Waals surface area (Å²) < 4.78 is 41.8. The summed E-state index contributed by atoms with van der Waals surface area (Å²) in [4.78, 5) is 0. The lowest BCUT2D eigenvalue weighted by Crippen LogP contribution is -2.17. The number of hydrogen-bond donors (Lipinski definition) is 0. The molecule has 0 saturated carbocycles. The molecule has 1 heterocycles. The molecule has 0 spiro atoms. The summed E-state index contributed by atoms with van der Waals surface area (Å²) >= 11 is 0. The Morgan fingerprint density at radius 3 is 2.43 bits per heavy atom. The van der Waals surface area contributed by atoms with Gasteiger partial charge in [0.05, 0.1) is 11.2 Å². The first kappa shape index (κ1) is 13.4. The fourth-order valence-electron chi connectivity index (χ4n) is 2.01. The second-order valence-electron chi connectivity index (χ2n) is 4.54. The number of ether oxygens (including phenoxy) is 1. The molecule has 0 N–H and O–H groups in total. The Balaban J connectivity index is 1.97. The number of rotatable bonds is 2. The van der Waals surface area contributed by atoms with Crippen molar-refractivity contribution in [2.75, 3.05) is 0 Å². The number of alkyl halides is 3. The monoisotopic (exact) mass is 293 g/mol. The molecule has 0 aliphatic rings. The maximum absolute atomic E-state index is 12.1. The van der Waals surface area contributed by atoms with Crippen LogP contribution >= 0.6 is 0 Å². The third kappa shape index (κ3) is 2.81. The minimum atomic E-state index is -4.70. The van der Waals surface area contributed by atoms with Crippen molar-refractivity contribution in [1.82, 2.24) is 15.0 Å². The lowest BCUT2D eigenvalue weighted by Gasteiger charge is -2.09. The number of hydrogen-bond acceptors (Lipinski definition) is 3. The standard InChI is InChI=1S/C14H10F3N3O/c1-9-2-7-12-13(8-9)20(19-18-12)10-3-5-11(6-4-10)21-14(15,16)17/h2-8H,1H3. The number of fused-ring (bicyclic) bond motifs is 1. The van der Waals surface area contributed by atoms with Gasteiger partial charge >= 0.3 is 6.36 Å². The normalized spacial score (nSPS) is 11.8. The maximum Gasteiger partial charge on any atom is 0.573 e. The molecule has 3 aromatic rings. The van der Waals surface area contributed by atoms with E-state index in [1.165, 1.54) is 24.3 Å². The predicted molar refractivity (Wildman–Crippen MR) is 70.3 cm³/mol. The Bertz CT molecular complexity index is 778. The molecule has 0 atom stereocenters. The Kier molecular flexibility index (Phi) is 3.04. The Hall–Kier alpha value is -2.57. The van der Waals surface area contributed by atoms with Crippen molar-refractivity contribution >= 4 is 11.0 Å². The molecule has 0 fully saturated rings. The van der Waals surface area contributed by atoms with Crippen molar-refractivity contribution in [3.05, 3.63) is 48.0 Å². The van der Waals surface area contributed by atoms with Gasteiger partial charge in [-0.3, -0.25) is 0 Å². The number of nitrogens with zero attached hydrogens (tertiary/aromatic N) is 3. The molecular formula is C14H10F3N3O. The molecule has 4 nitrogen and oxygen atoms in total. The smallest absolute Gasteiger partial charge is 0.406 e. The quantitative estimate of drug-likeness (QED) is 0.724. The summed E-state index contributed by atoms with van der Waals surface area (Å²) in [6, 6.07) is 11.2. The van der Waals surface area contributed by atoms with Gasteiger partial charge in [-0.05, 0) is 48.9 Å². The van der Waals surface area contributed by atoms with Crippen molar-refractivity contribution in [2.24, 2.45) is 0 Å². The third-order valence-corrected chi connectivity index (χ3v) is 2.92. The van der Waals surface area contributed by atoms with Crippen molar-refractivity contribution in [2.45, 2.75) is 13.3 Å². The SMILES string of the molecule is Cc1ccc2nnn(-c3ccc(OC(F)(F)F)cc3)c2c1. The molecule has 21 heavy (non-hydrogen) atoms. The molecule has 7 heteroatoms. The van der Waals surface area contributed by atoms with Crippen LogP contribution in [0.15, 0.2) is 42.5 Å². The molecule has 3 rings (SSSR count). The second-order valence-corrected chi connectivity index (χ2v) is 4.54. The zero-order valence-electron chi connectivity index (χ0n) is 10.9. The molecule has 0 aliphatic heterocycles. The van der Waals surface area contributed by atoms with Crippen LogP contribution in [0.4, 0.5) is 13.2 Å². The van der Waals surface area contributed by atoms with Crippen molar-refractivity contribution < 1.29 is 17.9 Å². The molecular weight excluding hydrogens is 283 g/mol. The number of aromatic nitrogens is 3. The fraction of sp³-hybridized carbons (Fsp3) is 0.143. The van der Waals surface area contributed by atoms with Gasteiger partial charge < -0.3 is 4.74 Å². The van der Waals surface area contributed by atoms with Crippen molar-refractivity contribution in [3.8, 4) is 11.4 Å². The summed E-state index contributed by atoms with van der Waals surface area (Å²) in [7, 11) is 0. The molecule has 0 aliphatic carbocycles. The number of aryl methyl sites for hydroxylation is 1. The minimum absolute atomic E-state index is 0.271. The first-order valence-electron chi connectivity index (χ1n) is 6.11. The molecule has 0 amide bonds. The Morgan fingerprint density at radius 1 is 1.05 bits per heavy atom. The molecule has 0 unspecified atom stereocenters. The van der Waals surface area contributed by atoms with E-state index in [0.29, 0.717) is 5.69 Å². The van der Waals surface area contributed by atoms with E-state index < -0.39 is 6.36 Å². The summed E-state index contributed by atoms with van der Waals surface area (Å²) in [5, 5.41) is 8.03. The number of benzene rings is 2. The van der Waals surface area contributed by atoms with E-state index in [1.807, 2.05) is 25.1 Å². The molecule has 2 aromatic carbocycles. The molecule has 0 radical (unpaired) electrons. The van der Waals surface area contributed by atoms with E-state index >= 15 is 0 Å². The largest absolute Gasteiger partial charge is 0.573 e. The van der Waals surface area contributed by atoms with Gasteiger partial charge in [0, 0.05) is 0 Å². The van der Waals surface area contributed by atoms with E-state index in [0.717, 1.165) is 16.6 Å². The highest BCUT2D eigenvalue weighted by atomic mass is 19.4. The summed E-state index contributed by atoms with van der Waals surface area (Å²) in [6.45, 7) is 1.94. The summed E-state index contributed by atoms with van der Waals surface area (Å²) in [5.74, 6) is -0.271. The lowest BCUT2D eigenvalue weighted by molar-refractivity contribution is -0.274. The van der Waals surface area contributed by atoms with Crippen LogP contribution in [0.2, 0.25) is 0 Å². The highest BCUT2D eigenvalue weighted by Crippen LogP contribution is 2.24. The van der Waals surface area contributed by atoms with Crippen LogP contribution in [0.1, 0.15) is 5.56 Å². The van der Waals surface area contributed by atoms with Crippen molar-refractivity contribution in [1.29, 1.82) is 0 Å². The van der Waals surface area contributed by atoms with Gasteiger partial charge in [0.15, 0.2) is 0 Å². The van der Waals surface area contributed by atoms with E-state index in [2.05, 4.69) is 15.0 Å². The van der Waals surface area contributed by atoms with Gasteiger partial charge in [-0.1, -0.05) is 11.3 Å². The second kappa shape index (κ2) is 4.76. The molecule has 1 aromatic heterocycles. The summed E-state index contributed by atoms with van der Waals surface area (Å²) in [6.07, 6.45) is -4.70. The highest BCUT2D eigenvalue weighted by molar-refractivity contribution is 5.76. The number of halogens is 3. The van der Waals surface area contributed by atoms with Crippen LogP contribution in [0.3, 0.4) is 0 Å². The van der Waals surface area contributed by atoms with Gasteiger partial charge in [-0.15, -0.1) is 18.3 Å². The van der Waals surface area contributed by atoms with Crippen LogP contribution in [0, 0.1) is 6.92 Å². The lowest BCUT2D eigenvalue weighted by atomic mass is 10.2. The zero-order valence-corrected chi connectivity index (χ0v) is 10.9. The van der Waals surface area contributed by atoms with Gasteiger partial charge in [0.2, 0.25) is 0 Å². The summed E-state index contributed by atoms with van der Waals surface area (Å²) in [5.41, 5.74) is 3.16. The van der Waals surface area contributed by atoms with Gasteiger partial charge in [-0.25, -0.2) is 4.68 Å². The molecule has 0 bridgehead atoms. The maximum atomic E-state index is 12.1. The van der Waals surface area contributed by atoms with Gasteiger partial charge in [-0.2, -0.15) is 0 Å². The Labute approximate surface area is 117 Å². The van der Waals surface area contributed by atoms with Crippen LogP contribution in [0.25, 0.3) is 16.7 Å². The molecule has 108 valence electrons. The average molecular weight is 293 g/mol. The first-order valence-corrected chi connectivity index (χ1v) is 6.11. The van der Waals surface area contributed by atoms with E-state index in [-0.39, 0.29) is 5.75 Å². The van der Waals surface area contributed by atoms with Gasteiger partial charge in [0.1, 0.15) is 11.3 Å². The van der Waals surface area contributed by atoms with E-state index in [1.54, 1.807) is 4.68 Å². The topological polar surface area (TPSA) is 39.9 Å². The Morgan fingerprint density at radius 2 is 1.76 bits per heavy atom. The van der Waals surface area contributed by atoms with E-state index in [9.17, 15) is 13.2 Å². The van der Waals surface area contributed by atoms with Gasteiger partial charge in [0.25, 0.3) is 0 Å². The average Bonchev–Trinajstić information content (AvgIpc) is 2.81. The third-order valence-electron chi connectivity index (χ3n) is 2.92. The minimum Gasteiger partial charge on any atom is -0.406 e. The highest BCUT2D eigenvalue weighted by Gasteiger charge is 2.31. The van der Waals surface area contributed by atoms with Crippen LogP contribution in [0.5, 0.6) is 5.75 Å². The van der Waals surface area contributed by atoms with Crippen LogP contribution < -0.4 is 4.74 Å². The van der Waals surface area contributed by atoms with E-state index in [4.69, 9.17) is 0 Å². The van der Waals surface area contributed by atoms with Crippen LogP contribution in [-0.4, -0.2) is 21.4 Å². The van der Waals surface area contributed by atoms with Crippen molar-refractivity contribution in [3.63, 3.8) is 0 Å².